The number of hydrogen-bond donors (Lipinski definition) is 1. The van der Waals surface area contributed by atoms with Crippen LogP contribution in [0.5, 0.6) is 0 Å². The molecule has 0 saturated heterocycles. The summed E-state index contributed by atoms with van der Waals surface area (Å²) in [6.45, 7) is 0.713. The standard InChI is InChI=1S/C10H19NO/c1-12-10(7-11)6-8-4-2-3-5-9(8)10/h8-9H,2-7,11H2,1H3/t8-,9-,10?/m1/s1. The highest BCUT2D eigenvalue weighted by Gasteiger charge is 2.53. The zero-order chi connectivity index (χ0) is 8.60. The van der Waals surface area contributed by atoms with Crippen LogP contribution in [0.1, 0.15) is 32.1 Å². The Balaban J connectivity index is 2.02. The van der Waals surface area contributed by atoms with E-state index >= 15 is 0 Å². The van der Waals surface area contributed by atoms with Crippen molar-refractivity contribution in [1.29, 1.82) is 0 Å². The lowest BCUT2D eigenvalue weighted by Crippen LogP contribution is -2.60. The lowest BCUT2D eigenvalue weighted by molar-refractivity contribution is -0.168. The van der Waals surface area contributed by atoms with Gasteiger partial charge in [-0.1, -0.05) is 12.8 Å². The first kappa shape index (κ1) is 8.52. The third-order valence-electron chi connectivity index (χ3n) is 3.94. The number of fused-ring (bicyclic) bond motifs is 1. The van der Waals surface area contributed by atoms with Gasteiger partial charge in [0.1, 0.15) is 0 Å². The molecule has 1 unspecified atom stereocenters. The van der Waals surface area contributed by atoms with Gasteiger partial charge in [0.15, 0.2) is 0 Å². The van der Waals surface area contributed by atoms with E-state index in [0.29, 0.717) is 6.54 Å². The second-order valence-corrected chi connectivity index (χ2v) is 4.33. The zero-order valence-electron chi connectivity index (χ0n) is 7.88. The van der Waals surface area contributed by atoms with Crippen molar-refractivity contribution in [1.82, 2.24) is 0 Å². The van der Waals surface area contributed by atoms with E-state index in [2.05, 4.69) is 0 Å². The van der Waals surface area contributed by atoms with Crippen LogP contribution in [0.15, 0.2) is 0 Å². The zero-order valence-corrected chi connectivity index (χ0v) is 7.88. The molecule has 2 fully saturated rings. The smallest absolute Gasteiger partial charge is 0.0833 e. The molecule has 70 valence electrons. The van der Waals surface area contributed by atoms with Crippen LogP contribution >= 0.6 is 0 Å². The highest BCUT2D eigenvalue weighted by atomic mass is 16.5. The van der Waals surface area contributed by atoms with E-state index in [4.69, 9.17) is 10.5 Å². The molecule has 0 aromatic heterocycles. The van der Waals surface area contributed by atoms with Gasteiger partial charge in [0.05, 0.1) is 5.60 Å². The monoisotopic (exact) mass is 169 g/mol. The largest absolute Gasteiger partial charge is 0.377 e. The third-order valence-corrected chi connectivity index (χ3v) is 3.94. The number of hydrogen-bond acceptors (Lipinski definition) is 2. The van der Waals surface area contributed by atoms with Gasteiger partial charge in [-0.05, 0) is 31.1 Å². The molecule has 2 heteroatoms. The summed E-state index contributed by atoms with van der Waals surface area (Å²) in [5, 5.41) is 0. The first-order valence-corrected chi connectivity index (χ1v) is 5.07. The maximum atomic E-state index is 5.76. The minimum atomic E-state index is 0.0745. The van der Waals surface area contributed by atoms with Gasteiger partial charge in [-0.3, -0.25) is 0 Å². The van der Waals surface area contributed by atoms with Crippen molar-refractivity contribution in [2.24, 2.45) is 17.6 Å². The predicted octanol–water partition coefficient (Wildman–Crippen LogP) is 1.54. The van der Waals surface area contributed by atoms with Gasteiger partial charge in [0, 0.05) is 13.7 Å². The molecule has 2 aliphatic rings. The molecule has 0 bridgehead atoms. The van der Waals surface area contributed by atoms with Crippen LogP contribution in [0.3, 0.4) is 0 Å². The number of methoxy groups -OCH3 is 1. The summed E-state index contributed by atoms with van der Waals surface area (Å²) in [5.74, 6) is 1.71. The summed E-state index contributed by atoms with van der Waals surface area (Å²) in [5.41, 5.74) is 5.84. The van der Waals surface area contributed by atoms with E-state index in [1.807, 2.05) is 7.11 Å². The number of rotatable bonds is 2. The van der Waals surface area contributed by atoms with Crippen molar-refractivity contribution in [3.63, 3.8) is 0 Å². The molecular formula is C10H19NO. The molecule has 0 aromatic rings. The molecule has 2 nitrogen and oxygen atoms in total. The Morgan fingerprint density at radius 3 is 2.75 bits per heavy atom. The first-order chi connectivity index (χ1) is 5.82. The Bertz CT molecular complexity index is 165. The fourth-order valence-electron chi connectivity index (χ4n) is 3.13. The van der Waals surface area contributed by atoms with Crippen LogP contribution in [0.25, 0.3) is 0 Å². The van der Waals surface area contributed by atoms with Crippen molar-refractivity contribution in [3.05, 3.63) is 0 Å². The van der Waals surface area contributed by atoms with Crippen LogP contribution in [-0.4, -0.2) is 19.3 Å². The maximum Gasteiger partial charge on any atom is 0.0833 e. The summed E-state index contributed by atoms with van der Waals surface area (Å²) in [4.78, 5) is 0. The third kappa shape index (κ3) is 1.01. The van der Waals surface area contributed by atoms with Gasteiger partial charge in [-0.15, -0.1) is 0 Å². The van der Waals surface area contributed by atoms with Crippen LogP contribution in [0.2, 0.25) is 0 Å². The molecule has 0 spiro atoms. The van der Waals surface area contributed by atoms with Crippen molar-refractivity contribution in [3.8, 4) is 0 Å². The second kappa shape index (κ2) is 3.00. The molecule has 0 heterocycles. The van der Waals surface area contributed by atoms with Crippen molar-refractivity contribution >= 4 is 0 Å². The fourth-order valence-corrected chi connectivity index (χ4v) is 3.13. The molecule has 0 amide bonds. The highest BCUT2D eigenvalue weighted by Crippen LogP contribution is 2.53. The van der Waals surface area contributed by atoms with E-state index in [0.717, 1.165) is 11.8 Å². The van der Waals surface area contributed by atoms with Crippen LogP contribution in [0, 0.1) is 11.8 Å². The quantitative estimate of drug-likeness (QED) is 0.680. The van der Waals surface area contributed by atoms with E-state index in [9.17, 15) is 0 Å². The average Bonchev–Trinajstić information content (AvgIpc) is 2.09. The van der Waals surface area contributed by atoms with Crippen molar-refractivity contribution in [2.45, 2.75) is 37.7 Å². The summed E-state index contributed by atoms with van der Waals surface area (Å²) < 4.78 is 5.57. The summed E-state index contributed by atoms with van der Waals surface area (Å²) >= 11 is 0. The molecule has 0 aromatic carbocycles. The molecule has 12 heavy (non-hydrogen) atoms. The Hall–Kier alpha value is -0.0800. The van der Waals surface area contributed by atoms with Gasteiger partial charge in [-0.25, -0.2) is 0 Å². The van der Waals surface area contributed by atoms with E-state index in [-0.39, 0.29) is 5.60 Å². The number of nitrogens with two attached hydrogens (primary N) is 1. The molecule has 2 aliphatic carbocycles. The topological polar surface area (TPSA) is 35.2 Å². The first-order valence-electron chi connectivity index (χ1n) is 5.07. The average molecular weight is 169 g/mol. The molecule has 2 rings (SSSR count). The van der Waals surface area contributed by atoms with Gasteiger partial charge in [-0.2, -0.15) is 0 Å². The minimum absolute atomic E-state index is 0.0745. The maximum absolute atomic E-state index is 5.76. The van der Waals surface area contributed by atoms with E-state index in [1.54, 1.807) is 0 Å². The summed E-state index contributed by atoms with van der Waals surface area (Å²) in [6.07, 6.45) is 6.77. The van der Waals surface area contributed by atoms with Gasteiger partial charge in [0.25, 0.3) is 0 Å². The number of ether oxygens (including phenoxy) is 1. The second-order valence-electron chi connectivity index (χ2n) is 4.33. The van der Waals surface area contributed by atoms with E-state index in [1.165, 1.54) is 32.1 Å². The van der Waals surface area contributed by atoms with Crippen LogP contribution in [0.4, 0.5) is 0 Å². The van der Waals surface area contributed by atoms with E-state index < -0.39 is 0 Å². The Kier molecular flexibility index (Phi) is 2.13. The Morgan fingerprint density at radius 1 is 1.42 bits per heavy atom. The highest BCUT2D eigenvalue weighted by molar-refractivity contribution is 5.05. The normalized spacial score (nSPS) is 46.5. The molecule has 0 aliphatic heterocycles. The minimum Gasteiger partial charge on any atom is -0.377 e. The van der Waals surface area contributed by atoms with Crippen molar-refractivity contribution in [2.75, 3.05) is 13.7 Å². The van der Waals surface area contributed by atoms with Crippen molar-refractivity contribution < 1.29 is 4.74 Å². The van der Waals surface area contributed by atoms with Gasteiger partial charge < -0.3 is 10.5 Å². The molecule has 2 saturated carbocycles. The molecule has 2 N–H and O–H groups in total. The Morgan fingerprint density at radius 2 is 2.17 bits per heavy atom. The van der Waals surface area contributed by atoms with Gasteiger partial charge >= 0.3 is 0 Å². The molecule has 3 atom stereocenters. The fraction of sp³-hybridized carbons (Fsp3) is 1.00. The van der Waals surface area contributed by atoms with Gasteiger partial charge in [0.2, 0.25) is 0 Å². The summed E-state index contributed by atoms with van der Waals surface area (Å²) in [7, 11) is 1.82. The van der Waals surface area contributed by atoms with Crippen LogP contribution in [-0.2, 0) is 4.74 Å². The molecule has 0 radical (unpaired) electrons. The Labute approximate surface area is 74.5 Å². The SMILES string of the molecule is COC1(CN)C[C@H]2CCCC[C@H]21. The lowest BCUT2D eigenvalue weighted by atomic mass is 9.55. The predicted molar refractivity (Wildman–Crippen MR) is 48.9 cm³/mol. The summed E-state index contributed by atoms with van der Waals surface area (Å²) in [6, 6.07) is 0. The van der Waals surface area contributed by atoms with Crippen LogP contribution < -0.4 is 5.73 Å². The lowest BCUT2D eigenvalue weighted by Gasteiger charge is -2.56. The molecular weight excluding hydrogens is 150 g/mol.